The molecule has 0 saturated heterocycles. The van der Waals surface area contributed by atoms with Crippen molar-refractivity contribution in [3.63, 3.8) is 0 Å². The Morgan fingerprint density at radius 1 is 1.33 bits per heavy atom. The van der Waals surface area contributed by atoms with Gasteiger partial charge in [-0.05, 0) is 18.6 Å². The molecule has 0 fully saturated rings. The summed E-state index contributed by atoms with van der Waals surface area (Å²) in [5.41, 5.74) is 6.97. The smallest absolute Gasteiger partial charge is 0.289 e. The maximum absolute atomic E-state index is 14.2. The molecule has 0 atom stereocenters. The lowest BCUT2D eigenvalue weighted by Gasteiger charge is -2.22. The van der Waals surface area contributed by atoms with Gasteiger partial charge in [0.1, 0.15) is 21.9 Å². The Hall–Kier alpha value is -3.73. The fourth-order valence-electron chi connectivity index (χ4n) is 3.73. The maximum atomic E-state index is 14.2. The summed E-state index contributed by atoms with van der Waals surface area (Å²) in [7, 11) is 1.72. The van der Waals surface area contributed by atoms with Gasteiger partial charge in [-0.1, -0.05) is 17.7 Å². The second-order valence-corrected chi connectivity index (χ2v) is 7.90. The maximum Gasteiger partial charge on any atom is 0.289 e. The molecule has 0 bridgehead atoms. The van der Waals surface area contributed by atoms with E-state index in [9.17, 15) is 8.78 Å². The molecule has 170 valence electrons. The molecule has 33 heavy (non-hydrogen) atoms. The Kier molecular flexibility index (Phi) is 5.12. The molecule has 5 heterocycles. The van der Waals surface area contributed by atoms with Crippen LogP contribution in [0.15, 0.2) is 42.9 Å². The predicted molar refractivity (Wildman–Crippen MR) is 119 cm³/mol. The van der Waals surface area contributed by atoms with Gasteiger partial charge in [0.2, 0.25) is 5.95 Å². The molecule has 12 heteroatoms. The second-order valence-electron chi connectivity index (χ2n) is 7.52. The third kappa shape index (κ3) is 3.74. The van der Waals surface area contributed by atoms with E-state index in [1.165, 1.54) is 23.1 Å². The molecule has 0 saturated carbocycles. The van der Waals surface area contributed by atoms with Crippen LogP contribution in [0.5, 0.6) is 5.75 Å². The van der Waals surface area contributed by atoms with Gasteiger partial charge in [0.25, 0.3) is 5.92 Å². The van der Waals surface area contributed by atoms with Crippen LogP contribution in [0.3, 0.4) is 0 Å². The zero-order chi connectivity index (χ0) is 23.2. The van der Waals surface area contributed by atoms with Gasteiger partial charge in [0.15, 0.2) is 23.0 Å². The molecular weight excluding hydrogens is 454 g/mol. The fraction of sp³-hybridized carbons (Fsp3) is 0.238. The van der Waals surface area contributed by atoms with E-state index < -0.39 is 5.92 Å². The SMILES string of the molecule is Cn1c(Nc2cc3n(n2)CCCC3(F)F)nc2ncc(O/C(=C/N)c3ccccn3)c(Cl)c21. The molecule has 0 aromatic carbocycles. The van der Waals surface area contributed by atoms with Gasteiger partial charge in [-0.3, -0.25) is 9.67 Å². The monoisotopic (exact) mass is 472 g/mol. The highest BCUT2D eigenvalue weighted by atomic mass is 35.5. The number of anilines is 2. The quantitative estimate of drug-likeness (QED) is 0.419. The zero-order valence-electron chi connectivity index (χ0n) is 17.5. The number of nitrogens with zero attached hydrogens (tertiary/aromatic N) is 6. The summed E-state index contributed by atoms with van der Waals surface area (Å²) >= 11 is 6.61. The number of ether oxygens (including phenoxy) is 1. The predicted octanol–water partition coefficient (Wildman–Crippen LogP) is 4.18. The highest BCUT2D eigenvalue weighted by Gasteiger charge is 2.38. The van der Waals surface area contributed by atoms with Crippen LogP contribution >= 0.6 is 11.6 Å². The number of hydrogen-bond donors (Lipinski definition) is 2. The van der Waals surface area contributed by atoms with E-state index in [2.05, 4.69) is 25.4 Å². The molecule has 3 N–H and O–H groups in total. The Morgan fingerprint density at radius 2 is 2.18 bits per heavy atom. The van der Waals surface area contributed by atoms with Gasteiger partial charge in [-0.15, -0.1) is 0 Å². The topological polar surface area (TPSA) is 109 Å². The minimum atomic E-state index is -2.91. The summed E-state index contributed by atoms with van der Waals surface area (Å²) in [5, 5.41) is 7.49. The molecule has 4 aromatic heterocycles. The Balaban J connectivity index is 1.47. The number of aromatic nitrogens is 6. The first-order valence-corrected chi connectivity index (χ1v) is 10.5. The zero-order valence-corrected chi connectivity index (χ0v) is 18.2. The lowest BCUT2D eigenvalue weighted by atomic mass is 10.1. The fourth-order valence-corrected chi connectivity index (χ4v) is 4.03. The van der Waals surface area contributed by atoms with Crippen molar-refractivity contribution < 1.29 is 13.5 Å². The summed E-state index contributed by atoms with van der Waals surface area (Å²) in [6.45, 7) is 0.441. The lowest BCUT2D eigenvalue weighted by Crippen LogP contribution is -2.25. The molecule has 0 amide bonds. The van der Waals surface area contributed by atoms with Gasteiger partial charge in [-0.25, -0.2) is 4.98 Å². The van der Waals surface area contributed by atoms with E-state index in [0.29, 0.717) is 41.5 Å². The van der Waals surface area contributed by atoms with Crippen molar-refractivity contribution in [2.24, 2.45) is 12.8 Å². The van der Waals surface area contributed by atoms with E-state index in [0.717, 1.165) is 0 Å². The number of pyridine rings is 2. The molecule has 1 aliphatic rings. The van der Waals surface area contributed by atoms with Crippen LogP contribution in [-0.4, -0.2) is 29.3 Å². The first-order valence-electron chi connectivity index (χ1n) is 10.1. The van der Waals surface area contributed by atoms with Gasteiger partial charge in [0.05, 0.1) is 6.20 Å². The van der Waals surface area contributed by atoms with Gasteiger partial charge >= 0.3 is 0 Å². The molecular formula is C21H19ClF2N8O. The summed E-state index contributed by atoms with van der Waals surface area (Å²) in [6, 6.07) is 6.67. The van der Waals surface area contributed by atoms with E-state index in [1.807, 2.05) is 0 Å². The third-order valence-corrected chi connectivity index (χ3v) is 5.71. The van der Waals surface area contributed by atoms with E-state index in [4.69, 9.17) is 22.1 Å². The molecule has 5 rings (SSSR count). The summed E-state index contributed by atoms with van der Waals surface area (Å²) in [4.78, 5) is 13.0. The number of alkyl halides is 2. The summed E-state index contributed by atoms with van der Waals surface area (Å²) in [6.07, 6.45) is 4.52. The number of aryl methyl sites for hydroxylation is 2. The van der Waals surface area contributed by atoms with Gasteiger partial charge in [-0.2, -0.15) is 18.9 Å². The molecule has 0 radical (unpaired) electrons. The van der Waals surface area contributed by atoms with Crippen LogP contribution in [-0.2, 0) is 19.5 Å². The Morgan fingerprint density at radius 3 is 2.91 bits per heavy atom. The minimum absolute atomic E-state index is 0.113. The number of nitrogens with two attached hydrogens (primary N) is 1. The number of imidazole rings is 1. The summed E-state index contributed by atoms with van der Waals surface area (Å²) in [5.74, 6) is -1.73. The van der Waals surface area contributed by atoms with Crippen LogP contribution in [0.1, 0.15) is 24.2 Å². The van der Waals surface area contributed by atoms with Crippen LogP contribution in [0.4, 0.5) is 20.5 Å². The van der Waals surface area contributed by atoms with Crippen molar-refractivity contribution in [3.05, 3.63) is 59.3 Å². The van der Waals surface area contributed by atoms with Crippen molar-refractivity contribution in [2.75, 3.05) is 5.32 Å². The molecule has 9 nitrogen and oxygen atoms in total. The molecule has 4 aromatic rings. The lowest BCUT2D eigenvalue weighted by molar-refractivity contribution is -0.0364. The average molecular weight is 473 g/mol. The average Bonchev–Trinajstić information content (AvgIpc) is 3.36. The van der Waals surface area contributed by atoms with Crippen molar-refractivity contribution in [2.45, 2.75) is 25.3 Å². The minimum Gasteiger partial charge on any atom is -0.450 e. The third-order valence-electron chi connectivity index (χ3n) is 5.35. The summed E-state index contributed by atoms with van der Waals surface area (Å²) < 4.78 is 37.2. The Labute approximate surface area is 191 Å². The van der Waals surface area contributed by atoms with E-state index >= 15 is 0 Å². The van der Waals surface area contributed by atoms with Crippen molar-refractivity contribution in [1.29, 1.82) is 0 Å². The first kappa shape index (κ1) is 21.1. The highest BCUT2D eigenvalue weighted by molar-refractivity contribution is 6.36. The highest BCUT2D eigenvalue weighted by Crippen LogP contribution is 2.39. The Bertz CT molecular complexity index is 1370. The second kappa shape index (κ2) is 8.00. The van der Waals surface area contributed by atoms with E-state index in [-0.39, 0.29) is 28.7 Å². The van der Waals surface area contributed by atoms with Gasteiger partial charge in [0, 0.05) is 38.5 Å². The number of hydrogen-bond acceptors (Lipinski definition) is 7. The van der Waals surface area contributed by atoms with E-state index in [1.54, 1.807) is 36.0 Å². The van der Waals surface area contributed by atoms with Crippen molar-refractivity contribution >= 4 is 40.3 Å². The molecule has 0 aliphatic carbocycles. The number of fused-ring (bicyclic) bond motifs is 2. The molecule has 0 spiro atoms. The largest absolute Gasteiger partial charge is 0.450 e. The molecule has 0 unspecified atom stereocenters. The van der Waals surface area contributed by atoms with Crippen LogP contribution in [0, 0.1) is 0 Å². The number of nitrogens with one attached hydrogen (secondary N) is 1. The number of rotatable bonds is 5. The molecule has 1 aliphatic heterocycles. The van der Waals surface area contributed by atoms with Crippen LogP contribution < -0.4 is 15.8 Å². The van der Waals surface area contributed by atoms with Crippen LogP contribution in [0.2, 0.25) is 5.02 Å². The normalized spacial score (nSPS) is 15.5. The number of halogens is 3. The van der Waals surface area contributed by atoms with Crippen molar-refractivity contribution in [1.82, 2.24) is 29.3 Å². The van der Waals surface area contributed by atoms with Crippen molar-refractivity contribution in [3.8, 4) is 5.75 Å². The van der Waals surface area contributed by atoms with Gasteiger partial charge < -0.3 is 20.4 Å². The standard InChI is InChI=1S/C21H19ClF2N8O/c1-31-18-17(22)14(33-13(10-25)12-5-2-3-7-26-12)11-27-19(18)29-20(31)28-16-9-15-21(23,24)6-4-8-32(15)30-16/h2-3,5,7,9-11H,4,6,8,25H2,1H3,(H,27,28,29,30)/b13-10+. The van der Waals surface area contributed by atoms with Crippen LogP contribution in [0.25, 0.3) is 16.9 Å². The first-order chi connectivity index (χ1) is 15.9.